The summed E-state index contributed by atoms with van der Waals surface area (Å²) < 4.78 is 42.4. The van der Waals surface area contributed by atoms with Crippen molar-refractivity contribution in [2.45, 2.75) is 51.9 Å². The molecule has 9 nitrogen and oxygen atoms in total. The predicted molar refractivity (Wildman–Crippen MR) is 87.6 cm³/mol. The lowest BCUT2D eigenvalue weighted by atomic mass is 10.2. The van der Waals surface area contributed by atoms with Crippen molar-refractivity contribution in [1.29, 1.82) is 0 Å². The van der Waals surface area contributed by atoms with Gasteiger partial charge in [0, 0.05) is 12.6 Å². The molecule has 2 heterocycles. The van der Waals surface area contributed by atoms with Gasteiger partial charge in [0.25, 0.3) is 16.0 Å². The average molecular weight is 376 g/mol. The number of carbonyl (C=O) groups excluding carboxylic acids is 1. The van der Waals surface area contributed by atoms with Gasteiger partial charge in [0.15, 0.2) is 5.76 Å². The van der Waals surface area contributed by atoms with E-state index < -0.39 is 15.7 Å². The van der Waals surface area contributed by atoms with Crippen molar-refractivity contribution in [3.63, 3.8) is 0 Å². The lowest BCUT2D eigenvalue weighted by molar-refractivity contribution is 0.0184. The third-order valence-corrected chi connectivity index (χ3v) is 3.93. The molecule has 1 fully saturated rings. The summed E-state index contributed by atoms with van der Waals surface area (Å²) in [7, 11) is -3.56. The maximum atomic E-state index is 12.2. The SMILES string of the molecule is CC(C)(C)OC(=O)N1CCCC1COc1cc(COS(C)(=O)=O)on1. The number of carbonyl (C=O) groups is 1. The van der Waals surface area contributed by atoms with E-state index in [9.17, 15) is 13.2 Å². The second kappa shape index (κ2) is 7.61. The fraction of sp³-hybridized carbons (Fsp3) is 0.733. The zero-order chi connectivity index (χ0) is 18.7. The van der Waals surface area contributed by atoms with Gasteiger partial charge in [-0.15, -0.1) is 0 Å². The third kappa shape index (κ3) is 6.54. The second-order valence-corrected chi connectivity index (χ2v) is 8.52. The van der Waals surface area contributed by atoms with Gasteiger partial charge in [-0.25, -0.2) is 4.79 Å². The molecule has 1 aromatic rings. The average Bonchev–Trinajstić information content (AvgIpc) is 3.09. The molecule has 0 bridgehead atoms. The number of rotatable bonds is 6. The summed E-state index contributed by atoms with van der Waals surface area (Å²) in [6, 6.07) is 1.35. The molecule has 0 aromatic carbocycles. The van der Waals surface area contributed by atoms with Crippen LogP contribution in [0, 0.1) is 0 Å². The number of likely N-dealkylation sites (tertiary alicyclic amines) is 1. The highest BCUT2D eigenvalue weighted by molar-refractivity contribution is 7.85. The maximum absolute atomic E-state index is 12.2. The minimum Gasteiger partial charge on any atom is -0.473 e. The van der Waals surface area contributed by atoms with Crippen LogP contribution >= 0.6 is 0 Å². The molecule has 1 aliphatic rings. The molecule has 0 radical (unpaired) electrons. The zero-order valence-electron chi connectivity index (χ0n) is 14.9. The molecule has 1 atom stereocenters. The molecular weight excluding hydrogens is 352 g/mol. The summed E-state index contributed by atoms with van der Waals surface area (Å²) in [5.41, 5.74) is -0.550. The number of hydrogen-bond acceptors (Lipinski definition) is 8. The van der Waals surface area contributed by atoms with Gasteiger partial charge in [-0.3, -0.25) is 4.18 Å². The van der Waals surface area contributed by atoms with Gasteiger partial charge in [0.2, 0.25) is 0 Å². The van der Waals surface area contributed by atoms with Crippen molar-refractivity contribution in [1.82, 2.24) is 10.1 Å². The highest BCUT2D eigenvalue weighted by Crippen LogP contribution is 2.22. The first-order valence-electron chi connectivity index (χ1n) is 7.96. The fourth-order valence-electron chi connectivity index (χ4n) is 2.35. The largest absolute Gasteiger partial charge is 0.473 e. The van der Waals surface area contributed by atoms with Crippen LogP contribution < -0.4 is 4.74 Å². The van der Waals surface area contributed by atoms with E-state index in [-0.39, 0.29) is 37.0 Å². The molecule has 1 unspecified atom stereocenters. The van der Waals surface area contributed by atoms with Crippen LogP contribution in [-0.2, 0) is 25.6 Å². The molecule has 0 spiro atoms. The van der Waals surface area contributed by atoms with Crippen molar-refractivity contribution in [2.24, 2.45) is 0 Å². The second-order valence-electron chi connectivity index (χ2n) is 6.88. The number of hydrogen-bond donors (Lipinski definition) is 0. The molecule has 0 saturated carbocycles. The topological polar surface area (TPSA) is 108 Å². The molecule has 142 valence electrons. The van der Waals surface area contributed by atoms with E-state index in [1.807, 2.05) is 20.8 Å². The Labute approximate surface area is 147 Å². The summed E-state index contributed by atoms with van der Waals surface area (Å²) in [6.45, 7) is 6.09. The highest BCUT2D eigenvalue weighted by atomic mass is 32.2. The van der Waals surface area contributed by atoms with Crippen LogP contribution in [-0.4, -0.2) is 55.6 Å². The summed E-state index contributed by atoms with van der Waals surface area (Å²) in [6.07, 6.45) is 2.27. The van der Waals surface area contributed by atoms with E-state index in [4.69, 9.17) is 14.0 Å². The summed E-state index contributed by atoms with van der Waals surface area (Å²) in [5.74, 6) is 0.444. The van der Waals surface area contributed by atoms with E-state index in [2.05, 4.69) is 9.34 Å². The quantitative estimate of drug-likeness (QED) is 0.693. The summed E-state index contributed by atoms with van der Waals surface area (Å²) in [5, 5.41) is 3.70. The molecular formula is C15H24N2O7S. The minimum absolute atomic E-state index is 0.109. The van der Waals surface area contributed by atoms with Crippen LogP contribution in [0.3, 0.4) is 0 Å². The fourth-order valence-corrected chi connectivity index (χ4v) is 2.68. The van der Waals surface area contributed by atoms with Crippen LogP contribution in [0.25, 0.3) is 0 Å². The van der Waals surface area contributed by atoms with Crippen LogP contribution in [0.5, 0.6) is 5.88 Å². The van der Waals surface area contributed by atoms with E-state index in [0.717, 1.165) is 19.1 Å². The van der Waals surface area contributed by atoms with Crippen LogP contribution in [0.1, 0.15) is 39.4 Å². The van der Waals surface area contributed by atoms with E-state index in [1.54, 1.807) is 4.90 Å². The van der Waals surface area contributed by atoms with Crippen LogP contribution in [0.4, 0.5) is 4.79 Å². The molecule has 0 aliphatic carbocycles. The molecule has 25 heavy (non-hydrogen) atoms. The predicted octanol–water partition coefficient (Wildman–Crippen LogP) is 1.93. The number of aromatic nitrogens is 1. The minimum atomic E-state index is -3.56. The first-order chi connectivity index (χ1) is 11.5. The Kier molecular flexibility index (Phi) is 5.94. The van der Waals surface area contributed by atoms with Gasteiger partial charge < -0.3 is 18.9 Å². The molecule has 1 aromatic heterocycles. The van der Waals surface area contributed by atoms with Crippen molar-refractivity contribution in [2.75, 3.05) is 19.4 Å². The Hall–Kier alpha value is -1.81. The molecule has 10 heteroatoms. The first kappa shape index (κ1) is 19.5. The Morgan fingerprint density at radius 3 is 2.80 bits per heavy atom. The standard InChI is InChI=1S/C15H24N2O7S/c1-15(2,3)23-14(18)17-7-5-6-11(17)9-21-13-8-12(24-16-13)10-22-25(4,19)20/h8,11H,5-7,9-10H2,1-4H3. The molecule has 1 amide bonds. The molecule has 2 rings (SSSR count). The number of ether oxygens (including phenoxy) is 2. The summed E-state index contributed by atoms with van der Waals surface area (Å²) >= 11 is 0. The van der Waals surface area contributed by atoms with Gasteiger partial charge >= 0.3 is 6.09 Å². The van der Waals surface area contributed by atoms with Crippen molar-refractivity contribution in [3.8, 4) is 5.88 Å². The Bertz CT molecular complexity index is 693. The maximum Gasteiger partial charge on any atom is 0.410 e. The first-order valence-corrected chi connectivity index (χ1v) is 9.77. The normalized spacial score (nSPS) is 18.4. The van der Waals surface area contributed by atoms with Gasteiger partial charge in [0.1, 0.15) is 18.8 Å². The van der Waals surface area contributed by atoms with Gasteiger partial charge in [-0.05, 0) is 38.8 Å². The van der Waals surface area contributed by atoms with Crippen LogP contribution in [0.15, 0.2) is 10.6 Å². The monoisotopic (exact) mass is 376 g/mol. The number of amides is 1. The lowest BCUT2D eigenvalue weighted by Gasteiger charge is -2.28. The molecule has 1 aliphatic heterocycles. The molecule has 0 N–H and O–H groups in total. The van der Waals surface area contributed by atoms with Crippen molar-refractivity contribution in [3.05, 3.63) is 11.8 Å². The van der Waals surface area contributed by atoms with E-state index in [0.29, 0.717) is 6.54 Å². The molecule has 1 saturated heterocycles. The van der Waals surface area contributed by atoms with Gasteiger partial charge in [0.05, 0.1) is 12.3 Å². The van der Waals surface area contributed by atoms with Crippen LogP contribution in [0.2, 0.25) is 0 Å². The van der Waals surface area contributed by atoms with E-state index >= 15 is 0 Å². The van der Waals surface area contributed by atoms with Crippen molar-refractivity contribution >= 4 is 16.2 Å². The smallest absolute Gasteiger partial charge is 0.410 e. The Morgan fingerprint density at radius 2 is 2.16 bits per heavy atom. The van der Waals surface area contributed by atoms with Crippen molar-refractivity contribution < 1.29 is 31.4 Å². The van der Waals surface area contributed by atoms with Gasteiger partial charge in [-0.2, -0.15) is 8.42 Å². The highest BCUT2D eigenvalue weighted by Gasteiger charge is 2.32. The number of nitrogens with zero attached hydrogens (tertiary/aromatic N) is 2. The van der Waals surface area contributed by atoms with E-state index in [1.165, 1.54) is 6.07 Å². The summed E-state index contributed by atoms with van der Waals surface area (Å²) in [4.78, 5) is 13.9. The lowest BCUT2D eigenvalue weighted by Crippen LogP contribution is -2.42. The third-order valence-electron chi connectivity index (χ3n) is 3.38. The van der Waals surface area contributed by atoms with Gasteiger partial charge in [-0.1, -0.05) is 0 Å². The zero-order valence-corrected chi connectivity index (χ0v) is 15.7. The Morgan fingerprint density at radius 1 is 1.44 bits per heavy atom. The Balaban J connectivity index is 1.86.